The van der Waals surface area contributed by atoms with Crippen molar-refractivity contribution in [2.45, 2.75) is 48.9 Å². The molecule has 15 heavy (non-hydrogen) atoms. The normalized spacial score (nSPS) is 34.9. The van der Waals surface area contributed by atoms with Gasteiger partial charge in [0.1, 0.15) is 9.53 Å². The van der Waals surface area contributed by atoms with Gasteiger partial charge in [-0.3, -0.25) is 4.79 Å². The molecule has 0 bridgehead atoms. The zero-order chi connectivity index (χ0) is 11.6. The van der Waals surface area contributed by atoms with E-state index in [1.807, 2.05) is 29.5 Å². The van der Waals surface area contributed by atoms with E-state index >= 15 is 0 Å². The third kappa shape index (κ3) is 2.82. The van der Waals surface area contributed by atoms with Crippen molar-refractivity contribution in [1.29, 1.82) is 0 Å². The number of carbonyl (C=O) groups excluding carboxylic acids is 1. The summed E-state index contributed by atoms with van der Waals surface area (Å²) in [4.78, 5) is 11.7. The fraction of sp³-hybridized carbons (Fsp3) is 0.900. The SMILES string of the molecule is CCOC(=O)[C@@](C)(I)[C@H]1O[C@@H](C)C[C@@H]1O. The predicted molar refractivity (Wildman–Crippen MR) is 64.0 cm³/mol. The van der Waals surface area contributed by atoms with Gasteiger partial charge in [-0.05, 0) is 20.8 Å². The Morgan fingerprint density at radius 3 is 2.73 bits per heavy atom. The molecule has 1 aliphatic heterocycles. The molecule has 0 aromatic carbocycles. The maximum absolute atomic E-state index is 11.7. The van der Waals surface area contributed by atoms with Crippen LogP contribution in [0.5, 0.6) is 0 Å². The number of aliphatic hydroxyl groups excluding tert-OH is 1. The van der Waals surface area contributed by atoms with Gasteiger partial charge in [-0.15, -0.1) is 0 Å². The third-order valence-electron chi connectivity index (χ3n) is 2.51. The quantitative estimate of drug-likeness (QED) is 0.482. The Labute approximate surface area is 103 Å². The van der Waals surface area contributed by atoms with E-state index in [4.69, 9.17) is 9.47 Å². The fourth-order valence-electron chi connectivity index (χ4n) is 1.74. The monoisotopic (exact) mass is 328 g/mol. The van der Waals surface area contributed by atoms with Crippen molar-refractivity contribution < 1.29 is 19.4 Å². The summed E-state index contributed by atoms with van der Waals surface area (Å²) in [6, 6.07) is 0. The van der Waals surface area contributed by atoms with Crippen LogP contribution in [0, 0.1) is 0 Å². The Hall–Kier alpha value is 0.120. The number of alkyl halides is 1. The number of rotatable bonds is 3. The molecule has 0 radical (unpaired) electrons. The van der Waals surface area contributed by atoms with Gasteiger partial charge in [0.05, 0.1) is 18.8 Å². The van der Waals surface area contributed by atoms with E-state index in [0.29, 0.717) is 13.0 Å². The van der Waals surface area contributed by atoms with E-state index in [9.17, 15) is 9.90 Å². The minimum Gasteiger partial charge on any atom is -0.465 e. The number of hydrogen-bond acceptors (Lipinski definition) is 4. The minimum absolute atomic E-state index is 0.00600. The van der Waals surface area contributed by atoms with Gasteiger partial charge >= 0.3 is 5.97 Å². The first kappa shape index (κ1) is 13.2. The first-order valence-corrected chi connectivity index (χ1v) is 6.17. The summed E-state index contributed by atoms with van der Waals surface area (Å²) < 4.78 is 9.69. The fourth-order valence-corrected chi connectivity index (χ4v) is 2.46. The molecule has 0 aromatic heterocycles. The van der Waals surface area contributed by atoms with Crippen LogP contribution in [0.3, 0.4) is 0 Å². The van der Waals surface area contributed by atoms with Crippen LogP contribution in [0.2, 0.25) is 0 Å². The van der Waals surface area contributed by atoms with Gasteiger partial charge < -0.3 is 14.6 Å². The Balaban J connectivity index is 2.72. The van der Waals surface area contributed by atoms with Gasteiger partial charge in [-0.25, -0.2) is 0 Å². The Kier molecular flexibility index (Phi) is 4.37. The number of ether oxygens (including phenoxy) is 2. The molecule has 4 nitrogen and oxygen atoms in total. The summed E-state index contributed by atoms with van der Waals surface area (Å²) in [5.41, 5.74) is 0. The van der Waals surface area contributed by atoms with Crippen molar-refractivity contribution in [3.63, 3.8) is 0 Å². The summed E-state index contributed by atoms with van der Waals surface area (Å²) in [5, 5.41) is 9.77. The van der Waals surface area contributed by atoms with Gasteiger partial charge in [0.25, 0.3) is 0 Å². The van der Waals surface area contributed by atoms with Crippen LogP contribution in [0.15, 0.2) is 0 Å². The topological polar surface area (TPSA) is 55.8 Å². The van der Waals surface area contributed by atoms with Crippen molar-refractivity contribution in [2.24, 2.45) is 0 Å². The van der Waals surface area contributed by atoms with Gasteiger partial charge in [-0.1, -0.05) is 22.6 Å². The van der Waals surface area contributed by atoms with E-state index in [1.165, 1.54) is 0 Å². The molecule has 5 heteroatoms. The highest BCUT2D eigenvalue weighted by Gasteiger charge is 2.49. The van der Waals surface area contributed by atoms with Crippen LogP contribution in [0.4, 0.5) is 0 Å². The number of aliphatic hydroxyl groups is 1. The molecule has 1 heterocycles. The van der Waals surface area contributed by atoms with Gasteiger partial charge in [0.2, 0.25) is 0 Å². The summed E-state index contributed by atoms with van der Waals surface area (Å²) in [5.74, 6) is -0.330. The molecule has 0 aromatic rings. The Bertz CT molecular complexity index is 242. The molecule has 1 rings (SSSR count). The lowest BCUT2D eigenvalue weighted by molar-refractivity contribution is -0.150. The summed E-state index contributed by atoms with van der Waals surface area (Å²) in [6.45, 7) is 5.73. The van der Waals surface area contributed by atoms with Crippen LogP contribution in [-0.4, -0.2) is 39.4 Å². The first-order chi connectivity index (χ1) is 6.89. The number of halogens is 1. The van der Waals surface area contributed by atoms with Crippen molar-refractivity contribution >= 4 is 28.6 Å². The predicted octanol–water partition coefficient (Wildman–Crippen LogP) is 1.28. The zero-order valence-corrected chi connectivity index (χ0v) is 11.4. The molecular formula is C10H17IO4. The highest BCUT2D eigenvalue weighted by Crippen LogP contribution is 2.35. The second-order valence-corrected chi connectivity index (χ2v) is 6.21. The lowest BCUT2D eigenvalue weighted by atomic mass is 9.99. The van der Waals surface area contributed by atoms with Gasteiger partial charge in [0, 0.05) is 6.42 Å². The number of esters is 1. The second kappa shape index (κ2) is 4.97. The molecular weight excluding hydrogens is 311 g/mol. The zero-order valence-electron chi connectivity index (χ0n) is 9.20. The van der Waals surface area contributed by atoms with E-state index in [1.54, 1.807) is 13.8 Å². The molecule has 1 aliphatic rings. The van der Waals surface area contributed by atoms with Crippen LogP contribution in [-0.2, 0) is 14.3 Å². The molecule has 0 unspecified atom stereocenters. The van der Waals surface area contributed by atoms with Crippen LogP contribution >= 0.6 is 22.6 Å². The average molecular weight is 328 g/mol. The lowest BCUT2D eigenvalue weighted by Gasteiger charge is -2.28. The van der Waals surface area contributed by atoms with Crippen molar-refractivity contribution in [3.8, 4) is 0 Å². The van der Waals surface area contributed by atoms with E-state index in [0.717, 1.165) is 0 Å². The number of carbonyl (C=O) groups is 1. The van der Waals surface area contributed by atoms with Crippen molar-refractivity contribution in [1.82, 2.24) is 0 Å². The molecule has 4 atom stereocenters. The van der Waals surface area contributed by atoms with Crippen molar-refractivity contribution in [3.05, 3.63) is 0 Å². The number of hydrogen-bond donors (Lipinski definition) is 1. The molecule has 88 valence electrons. The third-order valence-corrected chi connectivity index (χ3v) is 3.56. The highest BCUT2D eigenvalue weighted by atomic mass is 127. The maximum atomic E-state index is 11.7. The first-order valence-electron chi connectivity index (χ1n) is 5.09. The summed E-state index contributed by atoms with van der Waals surface area (Å²) >= 11 is 1.99. The largest absolute Gasteiger partial charge is 0.465 e. The Morgan fingerprint density at radius 1 is 1.73 bits per heavy atom. The average Bonchev–Trinajstić information content (AvgIpc) is 2.46. The minimum atomic E-state index is -0.821. The lowest BCUT2D eigenvalue weighted by Crippen LogP contribution is -2.47. The summed E-state index contributed by atoms with van der Waals surface area (Å²) in [7, 11) is 0. The highest BCUT2D eigenvalue weighted by molar-refractivity contribution is 14.1. The van der Waals surface area contributed by atoms with E-state index in [2.05, 4.69) is 0 Å². The van der Waals surface area contributed by atoms with E-state index in [-0.39, 0.29) is 12.1 Å². The maximum Gasteiger partial charge on any atom is 0.324 e. The molecule has 0 aliphatic carbocycles. The van der Waals surface area contributed by atoms with Gasteiger partial charge in [0.15, 0.2) is 0 Å². The van der Waals surface area contributed by atoms with Gasteiger partial charge in [-0.2, -0.15) is 0 Å². The van der Waals surface area contributed by atoms with Crippen LogP contribution in [0.25, 0.3) is 0 Å². The molecule has 1 fully saturated rings. The Morgan fingerprint density at radius 2 is 2.33 bits per heavy atom. The van der Waals surface area contributed by atoms with Crippen molar-refractivity contribution in [2.75, 3.05) is 6.61 Å². The van der Waals surface area contributed by atoms with Crippen LogP contribution in [0.1, 0.15) is 27.2 Å². The summed E-state index contributed by atoms with van der Waals surface area (Å²) in [6.07, 6.45) is -0.505. The molecule has 1 N–H and O–H groups in total. The molecule has 0 amide bonds. The molecule has 0 saturated carbocycles. The van der Waals surface area contributed by atoms with Crippen LogP contribution < -0.4 is 0 Å². The second-order valence-electron chi connectivity index (χ2n) is 3.97. The molecule has 0 spiro atoms. The smallest absolute Gasteiger partial charge is 0.324 e. The van der Waals surface area contributed by atoms with E-state index < -0.39 is 15.6 Å². The standard InChI is InChI=1S/C10H17IO4/c1-4-14-9(13)10(3,11)8-7(12)5-6(2)15-8/h6-8,12H,4-5H2,1-3H3/t6-,7-,8-,10-/m0/s1. The molecule has 1 saturated heterocycles.